The van der Waals surface area contributed by atoms with E-state index in [9.17, 15) is 9.59 Å². The molecule has 0 radical (unpaired) electrons. The first kappa shape index (κ1) is 21.5. The first-order valence-electron chi connectivity index (χ1n) is 11.5. The minimum atomic E-state index is -0.459. The average Bonchev–Trinajstić information content (AvgIpc) is 3.25. The Morgan fingerprint density at radius 3 is 2.58 bits per heavy atom. The molecule has 0 aliphatic heterocycles. The predicted molar refractivity (Wildman–Crippen MR) is 139 cm³/mol. The molecule has 36 heavy (non-hydrogen) atoms. The number of nitrogens with one attached hydrogen (secondary N) is 1. The van der Waals surface area contributed by atoms with Gasteiger partial charge in [-0.2, -0.15) is 5.10 Å². The molecule has 176 valence electrons. The molecular formula is C28H21N5O3. The molecule has 3 heterocycles. The van der Waals surface area contributed by atoms with Gasteiger partial charge in [0.15, 0.2) is 12.3 Å². The van der Waals surface area contributed by atoms with Crippen LogP contribution in [0.15, 0.2) is 96.1 Å². The third kappa shape index (κ3) is 3.65. The number of carbonyl (C=O) groups excluding carboxylic acids is 1. The topological polar surface area (TPSA) is 90.5 Å². The van der Waals surface area contributed by atoms with Crippen molar-refractivity contribution in [2.75, 3.05) is 12.0 Å². The molecule has 0 atom stereocenters. The average molecular weight is 476 g/mol. The van der Waals surface area contributed by atoms with Crippen LogP contribution in [-0.4, -0.2) is 31.8 Å². The number of amides is 1. The Hall–Kier alpha value is -4.98. The highest BCUT2D eigenvalue weighted by Crippen LogP contribution is 2.28. The molecule has 8 nitrogen and oxygen atoms in total. The van der Waals surface area contributed by atoms with Crippen molar-refractivity contribution in [2.45, 2.75) is 6.92 Å². The summed E-state index contributed by atoms with van der Waals surface area (Å²) in [6.45, 7) is 1.68. The van der Waals surface area contributed by atoms with E-state index in [1.54, 1.807) is 10.6 Å². The van der Waals surface area contributed by atoms with Gasteiger partial charge in [0, 0.05) is 23.3 Å². The van der Waals surface area contributed by atoms with E-state index in [1.165, 1.54) is 12.4 Å². The van der Waals surface area contributed by atoms with Crippen molar-refractivity contribution < 1.29 is 9.53 Å². The standard InChI is InChI=1S/C28H21N5O3/c1-18-26(20-9-3-2-4-10-20)27-29-16-22-23(33(27)30-18)14-15-32(28(22)35)31-25(34)17-36-24-13-7-11-19-8-5-6-12-21(19)24/h2-16H,17H2,1H3,(H,31,34). The van der Waals surface area contributed by atoms with Crippen LogP contribution in [0.25, 0.3) is 38.4 Å². The highest BCUT2D eigenvalue weighted by molar-refractivity contribution is 5.90. The fourth-order valence-corrected chi connectivity index (χ4v) is 4.44. The Bertz CT molecular complexity index is 1820. The lowest BCUT2D eigenvalue weighted by atomic mass is 10.1. The number of aromatic nitrogens is 4. The SMILES string of the molecule is Cc1nn2c(ncc3c(=O)n(NC(=O)COc4cccc5ccccc45)ccc32)c1-c1ccccc1. The van der Waals surface area contributed by atoms with Crippen molar-refractivity contribution in [3.05, 3.63) is 107 Å². The molecule has 0 spiro atoms. The first-order chi connectivity index (χ1) is 17.6. The number of ether oxygens (including phenoxy) is 1. The van der Waals surface area contributed by atoms with Crippen molar-refractivity contribution in [3.8, 4) is 16.9 Å². The minimum absolute atomic E-state index is 0.242. The van der Waals surface area contributed by atoms with Crippen molar-refractivity contribution >= 4 is 33.2 Å². The van der Waals surface area contributed by atoms with Crippen molar-refractivity contribution in [1.29, 1.82) is 0 Å². The molecule has 1 N–H and O–H groups in total. The second-order valence-corrected chi connectivity index (χ2v) is 8.41. The lowest BCUT2D eigenvalue weighted by Gasteiger charge is -2.12. The van der Waals surface area contributed by atoms with E-state index in [0.29, 0.717) is 22.3 Å². The summed E-state index contributed by atoms with van der Waals surface area (Å²) in [7, 11) is 0. The summed E-state index contributed by atoms with van der Waals surface area (Å²) in [6, 6.07) is 25.1. The number of pyridine rings is 1. The lowest BCUT2D eigenvalue weighted by Crippen LogP contribution is -2.35. The molecule has 0 bridgehead atoms. The van der Waals surface area contributed by atoms with Gasteiger partial charge in [0.2, 0.25) is 0 Å². The van der Waals surface area contributed by atoms with E-state index in [1.807, 2.05) is 79.7 Å². The summed E-state index contributed by atoms with van der Waals surface area (Å²) in [6.07, 6.45) is 3.04. The van der Waals surface area contributed by atoms with Crippen LogP contribution in [0.3, 0.4) is 0 Å². The van der Waals surface area contributed by atoms with Crippen LogP contribution < -0.4 is 15.7 Å². The molecule has 0 saturated carbocycles. The van der Waals surface area contributed by atoms with Gasteiger partial charge in [-0.3, -0.25) is 15.0 Å². The number of aryl methyl sites for hydroxylation is 1. The molecule has 3 aromatic carbocycles. The first-order valence-corrected chi connectivity index (χ1v) is 11.5. The normalized spacial score (nSPS) is 11.2. The molecule has 6 aromatic rings. The van der Waals surface area contributed by atoms with Crippen molar-refractivity contribution in [1.82, 2.24) is 19.3 Å². The molecule has 3 aromatic heterocycles. The van der Waals surface area contributed by atoms with E-state index in [-0.39, 0.29) is 6.61 Å². The van der Waals surface area contributed by atoms with Gasteiger partial charge in [0.05, 0.1) is 16.6 Å². The van der Waals surface area contributed by atoms with Gasteiger partial charge in [0.1, 0.15) is 5.75 Å². The van der Waals surface area contributed by atoms with Gasteiger partial charge < -0.3 is 4.74 Å². The summed E-state index contributed by atoms with van der Waals surface area (Å²) in [5.41, 5.74) is 6.18. The quantitative estimate of drug-likeness (QED) is 0.401. The number of benzene rings is 3. The molecule has 0 aliphatic rings. The lowest BCUT2D eigenvalue weighted by molar-refractivity contribution is -0.119. The Morgan fingerprint density at radius 1 is 0.944 bits per heavy atom. The van der Waals surface area contributed by atoms with E-state index >= 15 is 0 Å². The Labute approximate surface area is 205 Å². The maximum absolute atomic E-state index is 13.1. The zero-order valence-electron chi connectivity index (χ0n) is 19.4. The fraction of sp³-hybridized carbons (Fsp3) is 0.0714. The second kappa shape index (κ2) is 8.66. The smallest absolute Gasteiger partial charge is 0.280 e. The number of fused-ring (bicyclic) bond motifs is 4. The van der Waals surface area contributed by atoms with E-state index in [4.69, 9.17) is 4.74 Å². The molecule has 0 unspecified atom stereocenters. The Morgan fingerprint density at radius 2 is 1.72 bits per heavy atom. The van der Waals surface area contributed by atoms with Crippen LogP contribution in [0.5, 0.6) is 5.75 Å². The van der Waals surface area contributed by atoms with Crippen LogP contribution in [0, 0.1) is 6.92 Å². The predicted octanol–water partition coefficient (Wildman–Crippen LogP) is 4.32. The Balaban J connectivity index is 1.28. The van der Waals surface area contributed by atoms with Gasteiger partial charge in [-0.05, 0) is 30.0 Å². The summed E-state index contributed by atoms with van der Waals surface area (Å²) in [4.78, 5) is 30.3. The van der Waals surface area contributed by atoms with Crippen LogP contribution in [0.2, 0.25) is 0 Å². The van der Waals surface area contributed by atoms with Crippen molar-refractivity contribution in [3.63, 3.8) is 0 Å². The summed E-state index contributed by atoms with van der Waals surface area (Å²) >= 11 is 0. The molecule has 0 aliphatic carbocycles. The van der Waals surface area contributed by atoms with E-state index < -0.39 is 11.5 Å². The third-order valence-corrected chi connectivity index (χ3v) is 6.10. The van der Waals surface area contributed by atoms with Crippen LogP contribution in [0.1, 0.15) is 5.69 Å². The number of nitrogens with zero attached hydrogens (tertiary/aromatic N) is 4. The zero-order chi connectivity index (χ0) is 24.6. The number of hydrogen-bond donors (Lipinski definition) is 1. The van der Waals surface area contributed by atoms with Gasteiger partial charge >= 0.3 is 0 Å². The number of rotatable bonds is 5. The fourth-order valence-electron chi connectivity index (χ4n) is 4.44. The molecule has 1 amide bonds. The van der Waals surface area contributed by atoms with Gasteiger partial charge in [-0.25, -0.2) is 14.2 Å². The van der Waals surface area contributed by atoms with Gasteiger partial charge in [-0.1, -0.05) is 66.7 Å². The number of carbonyl (C=O) groups is 1. The maximum Gasteiger partial charge on any atom is 0.280 e. The molecule has 8 heteroatoms. The highest BCUT2D eigenvalue weighted by atomic mass is 16.5. The summed E-state index contributed by atoms with van der Waals surface area (Å²) in [5.74, 6) is 0.142. The highest BCUT2D eigenvalue weighted by Gasteiger charge is 2.16. The van der Waals surface area contributed by atoms with Crippen LogP contribution in [0.4, 0.5) is 0 Å². The van der Waals surface area contributed by atoms with Crippen LogP contribution in [-0.2, 0) is 4.79 Å². The molecular weight excluding hydrogens is 454 g/mol. The van der Waals surface area contributed by atoms with Gasteiger partial charge in [-0.15, -0.1) is 0 Å². The molecule has 6 rings (SSSR count). The Kier molecular flexibility index (Phi) is 5.19. The van der Waals surface area contributed by atoms with E-state index in [2.05, 4.69) is 15.5 Å². The second-order valence-electron chi connectivity index (χ2n) is 8.41. The van der Waals surface area contributed by atoms with E-state index in [0.717, 1.165) is 32.3 Å². The van der Waals surface area contributed by atoms with Crippen molar-refractivity contribution in [2.24, 2.45) is 0 Å². The largest absolute Gasteiger partial charge is 0.483 e. The molecule has 0 fully saturated rings. The van der Waals surface area contributed by atoms with Crippen LogP contribution >= 0.6 is 0 Å². The third-order valence-electron chi connectivity index (χ3n) is 6.10. The summed E-state index contributed by atoms with van der Waals surface area (Å²) < 4.78 is 8.55. The maximum atomic E-state index is 13.1. The number of hydrogen-bond acceptors (Lipinski definition) is 5. The summed E-state index contributed by atoms with van der Waals surface area (Å²) in [5, 5.41) is 6.90. The minimum Gasteiger partial charge on any atom is -0.483 e. The monoisotopic (exact) mass is 475 g/mol. The zero-order valence-corrected chi connectivity index (χ0v) is 19.4. The molecule has 0 saturated heterocycles. The van der Waals surface area contributed by atoms with Gasteiger partial charge in [0.25, 0.3) is 11.5 Å².